The molecule has 2 aromatic carbocycles. The number of rotatable bonds is 8. The summed E-state index contributed by atoms with van der Waals surface area (Å²) in [5.41, 5.74) is 8.69. The van der Waals surface area contributed by atoms with E-state index in [1.165, 1.54) is 33.4 Å². The van der Waals surface area contributed by atoms with Gasteiger partial charge in [0.25, 0.3) is 0 Å². The van der Waals surface area contributed by atoms with Gasteiger partial charge in [-0.1, -0.05) is 39.8 Å². The Bertz CT molecular complexity index is 2330. The van der Waals surface area contributed by atoms with Crippen LogP contribution in [0.5, 0.6) is 0 Å². The predicted molar refractivity (Wildman–Crippen MR) is 273 cm³/mol. The smallest absolute Gasteiger partial charge is 0.410 e. The number of halogens is 2. The summed E-state index contributed by atoms with van der Waals surface area (Å²) in [6.45, 7) is 22.8. The van der Waals surface area contributed by atoms with Crippen LogP contribution >= 0.6 is 0 Å². The van der Waals surface area contributed by atoms with Crippen molar-refractivity contribution >= 4 is 35.1 Å². The van der Waals surface area contributed by atoms with E-state index in [1.807, 2.05) is 53.7 Å². The summed E-state index contributed by atoms with van der Waals surface area (Å²) >= 11 is 0. The zero-order valence-corrected chi connectivity index (χ0v) is 44.4. The Morgan fingerprint density at radius 1 is 0.586 bits per heavy atom. The quantitative estimate of drug-likeness (QED) is 0.261. The molecule has 384 valence electrons. The minimum atomic E-state index is -0.499. The second-order valence-corrected chi connectivity index (χ2v) is 24.1. The summed E-state index contributed by atoms with van der Waals surface area (Å²) in [5, 5.41) is 0. The van der Waals surface area contributed by atoms with Gasteiger partial charge in [0.05, 0.1) is 12.1 Å². The van der Waals surface area contributed by atoms with E-state index < -0.39 is 11.2 Å². The van der Waals surface area contributed by atoms with Gasteiger partial charge in [0.15, 0.2) is 0 Å². The van der Waals surface area contributed by atoms with Crippen molar-refractivity contribution in [3.8, 4) is 0 Å². The van der Waals surface area contributed by atoms with Gasteiger partial charge in [-0.2, -0.15) is 0 Å². The number of carbonyl (C=O) groups is 4. The Hall–Kier alpha value is -4.74. The van der Waals surface area contributed by atoms with Crippen molar-refractivity contribution in [1.82, 2.24) is 19.6 Å². The Morgan fingerprint density at radius 2 is 0.986 bits per heavy atom. The fraction of sp³-hybridized carbons (Fsp3) is 0.655. The molecular formula is C58H82F2N4O6. The number of ether oxygens (including phenoxy) is 2. The lowest BCUT2D eigenvalue weighted by molar-refractivity contribution is -0.140. The topological polar surface area (TPSA) is 99.7 Å². The largest absolute Gasteiger partial charge is 0.444 e. The normalized spacial score (nSPS) is 24.3. The molecule has 2 fully saturated rings. The lowest BCUT2D eigenvalue weighted by atomic mass is 9.79. The molecule has 2 saturated carbocycles. The van der Waals surface area contributed by atoms with Crippen LogP contribution in [0.15, 0.2) is 47.5 Å². The van der Waals surface area contributed by atoms with Gasteiger partial charge in [-0.25, -0.2) is 18.4 Å². The van der Waals surface area contributed by atoms with E-state index >= 15 is 0 Å². The first-order valence-electron chi connectivity index (χ1n) is 26.4. The number of fused-ring (bicyclic) bond motifs is 4. The SMILES string of the molecule is CC(C)C1C2=C(CCN1C(=O)C1CCC(CN(C)C(=O)OC(C)(C)C)CC1)c1cc(F)ccc1C2.CC(C)C1C2=C(CCN1C(=O)C1CCC(CN(C)C(=O)OC(C)(C)C)CC1)c1ccc(F)cc1C2. The predicted octanol–water partition coefficient (Wildman–Crippen LogP) is 12.1. The van der Waals surface area contributed by atoms with Crippen molar-refractivity contribution in [2.24, 2.45) is 35.5 Å². The zero-order valence-electron chi connectivity index (χ0n) is 44.4. The molecule has 4 amide bonds. The van der Waals surface area contributed by atoms with Gasteiger partial charge in [-0.3, -0.25) is 9.59 Å². The third kappa shape index (κ3) is 12.3. The molecule has 0 aromatic heterocycles. The van der Waals surface area contributed by atoms with E-state index in [0.717, 1.165) is 94.7 Å². The Kier molecular flexibility index (Phi) is 16.3. The number of amides is 4. The van der Waals surface area contributed by atoms with E-state index in [9.17, 15) is 28.0 Å². The third-order valence-corrected chi connectivity index (χ3v) is 15.6. The molecule has 4 aliphatic carbocycles. The Balaban J connectivity index is 0.000000206. The molecule has 0 radical (unpaired) electrons. The molecule has 2 aliphatic heterocycles. The first kappa shape index (κ1) is 53.1. The fourth-order valence-electron chi connectivity index (χ4n) is 12.5. The first-order valence-corrected chi connectivity index (χ1v) is 26.4. The van der Waals surface area contributed by atoms with Gasteiger partial charge in [0.2, 0.25) is 11.8 Å². The average molecular weight is 969 g/mol. The minimum Gasteiger partial charge on any atom is -0.444 e. The molecule has 0 spiro atoms. The second kappa shape index (κ2) is 21.5. The summed E-state index contributed by atoms with van der Waals surface area (Å²) in [6, 6.07) is 10.4. The highest BCUT2D eigenvalue weighted by molar-refractivity contribution is 5.86. The molecule has 12 heteroatoms. The van der Waals surface area contributed by atoms with E-state index in [4.69, 9.17) is 9.47 Å². The number of nitrogens with zero attached hydrogens (tertiary/aromatic N) is 4. The molecule has 2 heterocycles. The molecule has 0 saturated heterocycles. The van der Waals surface area contributed by atoms with Gasteiger partial charge in [0, 0.05) is 52.1 Å². The highest BCUT2D eigenvalue weighted by Crippen LogP contribution is 2.46. The minimum absolute atomic E-state index is 0.0442. The molecule has 6 aliphatic rings. The lowest BCUT2D eigenvalue weighted by Crippen LogP contribution is -2.50. The van der Waals surface area contributed by atoms with Crippen LogP contribution in [0.25, 0.3) is 11.1 Å². The van der Waals surface area contributed by atoms with E-state index in [0.29, 0.717) is 43.3 Å². The van der Waals surface area contributed by atoms with Crippen LogP contribution in [0.2, 0.25) is 0 Å². The van der Waals surface area contributed by atoms with Crippen LogP contribution in [0, 0.1) is 47.1 Å². The summed E-state index contributed by atoms with van der Waals surface area (Å²) in [6.07, 6.45) is 9.89. The van der Waals surface area contributed by atoms with Crippen LogP contribution in [-0.4, -0.2) is 107 Å². The maximum Gasteiger partial charge on any atom is 0.410 e. The molecule has 10 nitrogen and oxygen atoms in total. The van der Waals surface area contributed by atoms with Crippen molar-refractivity contribution in [2.75, 3.05) is 40.3 Å². The molecule has 2 unspecified atom stereocenters. The van der Waals surface area contributed by atoms with Crippen LogP contribution in [0.1, 0.15) is 156 Å². The van der Waals surface area contributed by atoms with Gasteiger partial charge >= 0.3 is 12.2 Å². The average Bonchev–Trinajstić information content (AvgIpc) is 3.84. The van der Waals surface area contributed by atoms with Crippen molar-refractivity contribution in [2.45, 2.75) is 170 Å². The maximum atomic E-state index is 13.9. The van der Waals surface area contributed by atoms with Gasteiger partial charge in [0.1, 0.15) is 22.8 Å². The van der Waals surface area contributed by atoms with Crippen LogP contribution < -0.4 is 0 Å². The molecule has 0 N–H and O–H groups in total. The highest BCUT2D eigenvalue weighted by Gasteiger charge is 2.43. The Labute approximate surface area is 417 Å². The van der Waals surface area contributed by atoms with Crippen molar-refractivity contribution in [3.63, 3.8) is 0 Å². The zero-order chi connectivity index (χ0) is 51.0. The number of hydrogen-bond acceptors (Lipinski definition) is 6. The molecule has 2 atom stereocenters. The van der Waals surface area contributed by atoms with Crippen molar-refractivity contribution in [3.05, 3.63) is 81.4 Å². The third-order valence-electron chi connectivity index (χ3n) is 15.6. The van der Waals surface area contributed by atoms with E-state index in [-0.39, 0.29) is 59.6 Å². The summed E-state index contributed by atoms with van der Waals surface area (Å²) < 4.78 is 38.8. The number of hydrogen-bond donors (Lipinski definition) is 0. The molecular weight excluding hydrogens is 887 g/mol. The number of carbonyl (C=O) groups excluding carboxylic acids is 4. The number of benzene rings is 2. The molecule has 0 bridgehead atoms. The van der Waals surface area contributed by atoms with Gasteiger partial charge in [-0.05, 0) is 211 Å². The summed E-state index contributed by atoms with van der Waals surface area (Å²) in [5.74, 6) is 1.67. The molecule has 8 rings (SSSR count). The van der Waals surface area contributed by atoms with Crippen molar-refractivity contribution in [1.29, 1.82) is 0 Å². The standard InChI is InChI=1S/2C29H41FN2O3/c1-18(2)26-25-16-21-15-22(30)11-12-23(21)24(25)13-14-32(26)27(33)20-9-7-19(8-10-20)17-31(6)28(34)35-29(3,4)5;1-18(2)26-25-15-21-11-12-22(30)16-24(21)23(25)13-14-32(26)27(33)20-9-7-19(8-10-20)17-31(6)28(34)35-29(3,4)5/h11-12,15,18-20,26H,7-10,13-14,16-17H2,1-6H3;11-12,16,18-20,26H,7-10,13-15,17H2,1-6H3. The van der Waals surface area contributed by atoms with Gasteiger partial charge < -0.3 is 29.1 Å². The second-order valence-electron chi connectivity index (χ2n) is 24.1. The lowest BCUT2D eigenvalue weighted by Gasteiger charge is -2.42. The maximum absolute atomic E-state index is 13.9. The summed E-state index contributed by atoms with van der Waals surface area (Å²) in [4.78, 5) is 59.7. The van der Waals surface area contributed by atoms with Crippen molar-refractivity contribution < 1.29 is 37.4 Å². The van der Waals surface area contributed by atoms with Crippen LogP contribution in [0.4, 0.5) is 18.4 Å². The van der Waals surface area contributed by atoms with E-state index in [1.54, 1.807) is 48.2 Å². The first-order chi connectivity index (χ1) is 32.9. The monoisotopic (exact) mass is 969 g/mol. The van der Waals surface area contributed by atoms with Crippen LogP contribution in [-0.2, 0) is 31.9 Å². The molecule has 70 heavy (non-hydrogen) atoms. The van der Waals surface area contributed by atoms with E-state index in [2.05, 4.69) is 37.5 Å². The molecule has 2 aromatic rings. The summed E-state index contributed by atoms with van der Waals surface area (Å²) in [7, 11) is 3.59. The Morgan fingerprint density at radius 3 is 1.41 bits per heavy atom. The fourth-order valence-corrected chi connectivity index (χ4v) is 12.5. The van der Waals surface area contributed by atoms with Gasteiger partial charge in [-0.15, -0.1) is 0 Å². The van der Waals surface area contributed by atoms with Crippen LogP contribution in [0.3, 0.4) is 0 Å². The highest BCUT2D eigenvalue weighted by atomic mass is 19.1.